The molecule has 1 aromatic carbocycles. The summed E-state index contributed by atoms with van der Waals surface area (Å²) in [7, 11) is -3.77. The molecule has 1 N–H and O–H groups in total. The lowest BCUT2D eigenvalue weighted by molar-refractivity contribution is -0.120. The van der Waals surface area contributed by atoms with Crippen LogP contribution in [0.1, 0.15) is 51.0 Å². The highest BCUT2D eigenvalue weighted by molar-refractivity contribution is 7.90. The molecule has 0 aromatic heterocycles. The third kappa shape index (κ3) is 4.32. The van der Waals surface area contributed by atoms with Gasteiger partial charge < -0.3 is 0 Å². The predicted molar refractivity (Wildman–Crippen MR) is 86.9 cm³/mol. The lowest BCUT2D eigenvalue weighted by Gasteiger charge is -2.27. The minimum atomic E-state index is -3.77. The van der Waals surface area contributed by atoms with E-state index < -0.39 is 15.9 Å². The van der Waals surface area contributed by atoms with Gasteiger partial charge in [-0.05, 0) is 30.4 Å². The second-order valence-corrected chi connectivity index (χ2v) is 8.02. The molecule has 1 unspecified atom stereocenters. The van der Waals surface area contributed by atoms with Crippen molar-refractivity contribution in [2.45, 2.75) is 57.3 Å². The van der Waals surface area contributed by atoms with Gasteiger partial charge in [0.1, 0.15) is 0 Å². The zero-order chi connectivity index (χ0) is 16.2. The van der Waals surface area contributed by atoms with Crippen molar-refractivity contribution in [2.24, 2.45) is 11.8 Å². The maximum absolute atomic E-state index is 12.3. The predicted octanol–water partition coefficient (Wildman–Crippen LogP) is 3.41. The molecule has 2 rings (SSSR count). The zero-order valence-electron chi connectivity index (χ0n) is 13.3. The van der Waals surface area contributed by atoms with Gasteiger partial charge in [0.05, 0.1) is 4.90 Å². The molecule has 122 valence electrons. The fraction of sp³-hybridized carbons (Fsp3) is 0.588. The van der Waals surface area contributed by atoms with Gasteiger partial charge >= 0.3 is 0 Å². The van der Waals surface area contributed by atoms with Gasteiger partial charge in [-0.2, -0.15) is 0 Å². The molecular formula is C17H25NO3S. The van der Waals surface area contributed by atoms with Crippen molar-refractivity contribution < 1.29 is 13.2 Å². The van der Waals surface area contributed by atoms with Crippen molar-refractivity contribution in [1.29, 1.82) is 0 Å². The topological polar surface area (TPSA) is 63.2 Å². The SMILES string of the molecule is Cc1ccccc1S(=O)(=O)NC(=O)CC(C)C1CCCCC1. The summed E-state index contributed by atoms with van der Waals surface area (Å²) < 4.78 is 26.8. The van der Waals surface area contributed by atoms with Gasteiger partial charge in [0.2, 0.25) is 5.91 Å². The number of sulfonamides is 1. The van der Waals surface area contributed by atoms with Crippen LogP contribution in [0, 0.1) is 18.8 Å². The molecule has 1 saturated carbocycles. The molecule has 0 heterocycles. The Morgan fingerprint density at radius 2 is 1.86 bits per heavy atom. The number of hydrogen-bond donors (Lipinski definition) is 1. The van der Waals surface area contributed by atoms with Crippen molar-refractivity contribution >= 4 is 15.9 Å². The second-order valence-electron chi connectivity index (χ2n) is 6.37. The van der Waals surface area contributed by atoms with Gasteiger partial charge in [0.25, 0.3) is 10.0 Å². The number of benzene rings is 1. The molecule has 0 aliphatic heterocycles. The number of carbonyl (C=O) groups excluding carboxylic acids is 1. The fourth-order valence-electron chi connectivity index (χ4n) is 3.27. The molecule has 1 amide bonds. The molecule has 1 aliphatic rings. The van der Waals surface area contributed by atoms with Crippen LogP contribution < -0.4 is 4.72 Å². The Morgan fingerprint density at radius 1 is 1.23 bits per heavy atom. The Kier molecular flexibility index (Phi) is 5.62. The monoisotopic (exact) mass is 323 g/mol. The van der Waals surface area contributed by atoms with Crippen molar-refractivity contribution in [3.8, 4) is 0 Å². The summed E-state index contributed by atoms with van der Waals surface area (Å²) in [4.78, 5) is 12.3. The van der Waals surface area contributed by atoms with Crippen molar-refractivity contribution in [2.75, 3.05) is 0 Å². The van der Waals surface area contributed by atoms with E-state index in [0.29, 0.717) is 11.5 Å². The second kappa shape index (κ2) is 7.27. The Bertz CT molecular complexity index is 619. The molecule has 5 heteroatoms. The van der Waals surface area contributed by atoms with E-state index in [0.717, 1.165) is 12.8 Å². The van der Waals surface area contributed by atoms with Crippen LogP contribution in [0.3, 0.4) is 0 Å². The van der Waals surface area contributed by atoms with Gasteiger partial charge in [-0.15, -0.1) is 0 Å². The summed E-state index contributed by atoms with van der Waals surface area (Å²) in [5.41, 5.74) is 0.642. The molecule has 1 aliphatic carbocycles. The summed E-state index contributed by atoms with van der Waals surface area (Å²) in [5, 5.41) is 0. The van der Waals surface area contributed by atoms with E-state index in [1.165, 1.54) is 25.3 Å². The summed E-state index contributed by atoms with van der Waals surface area (Å²) in [6.07, 6.45) is 6.29. The number of hydrogen-bond acceptors (Lipinski definition) is 3. The smallest absolute Gasteiger partial charge is 0.264 e. The number of carbonyl (C=O) groups is 1. The third-order valence-corrected chi connectivity index (χ3v) is 6.13. The highest BCUT2D eigenvalue weighted by Gasteiger charge is 2.25. The molecule has 1 atom stereocenters. The first kappa shape index (κ1) is 17.0. The van der Waals surface area contributed by atoms with Crippen LogP contribution in [0.25, 0.3) is 0 Å². The number of nitrogens with one attached hydrogen (secondary N) is 1. The van der Waals surface area contributed by atoms with E-state index in [1.807, 2.05) is 0 Å². The summed E-state index contributed by atoms with van der Waals surface area (Å²) in [5.74, 6) is 0.370. The van der Waals surface area contributed by atoms with Crippen LogP contribution in [0.2, 0.25) is 0 Å². The average Bonchev–Trinajstić information content (AvgIpc) is 2.47. The van der Waals surface area contributed by atoms with Crippen molar-refractivity contribution in [3.63, 3.8) is 0 Å². The van der Waals surface area contributed by atoms with Gasteiger partial charge in [-0.25, -0.2) is 13.1 Å². The summed E-state index contributed by atoms with van der Waals surface area (Å²) in [6.45, 7) is 3.78. The minimum absolute atomic E-state index is 0.175. The van der Waals surface area contributed by atoms with Crippen LogP contribution in [0.5, 0.6) is 0 Å². The number of rotatable bonds is 5. The highest BCUT2D eigenvalue weighted by atomic mass is 32.2. The molecule has 0 saturated heterocycles. The Morgan fingerprint density at radius 3 is 2.50 bits per heavy atom. The zero-order valence-corrected chi connectivity index (χ0v) is 14.2. The molecular weight excluding hydrogens is 298 g/mol. The molecule has 1 aromatic rings. The van der Waals surface area contributed by atoms with Crippen molar-refractivity contribution in [1.82, 2.24) is 4.72 Å². The minimum Gasteiger partial charge on any atom is -0.274 e. The summed E-state index contributed by atoms with van der Waals surface area (Å²) in [6, 6.07) is 6.69. The Labute approximate surface area is 133 Å². The van der Waals surface area contributed by atoms with E-state index in [2.05, 4.69) is 11.6 Å². The van der Waals surface area contributed by atoms with Gasteiger partial charge in [0.15, 0.2) is 0 Å². The van der Waals surface area contributed by atoms with Crippen LogP contribution in [-0.2, 0) is 14.8 Å². The first-order valence-electron chi connectivity index (χ1n) is 8.01. The van der Waals surface area contributed by atoms with Gasteiger partial charge in [0, 0.05) is 6.42 Å². The van der Waals surface area contributed by atoms with Crippen LogP contribution in [0.15, 0.2) is 29.2 Å². The van der Waals surface area contributed by atoms with E-state index in [-0.39, 0.29) is 17.2 Å². The summed E-state index contributed by atoms with van der Waals surface area (Å²) >= 11 is 0. The maximum Gasteiger partial charge on any atom is 0.264 e. The largest absolute Gasteiger partial charge is 0.274 e. The Balaban J connectivity index is 1.97. The molecule has 0 radical (unpaired) electrons. The standard InChI is InChI=1S/C17H25NO3S/c1-13-8-6-7-11-16(13)22(20,21)18-17(19)12-14(2)15-9-4-3-5-10-15/h6-8,11,14-15H,3-5,9-10,12H2,1-2H3,(H,18,19). The third-order valence-electron chi connectivity index (χ3n) is 4.59. The first-order chi connectivity index (χ1) is 10.4. The van der Waals surface area contributed by atoms with Crippen LogP contribution in [0.4, 0.5) is 0 Å². The molecule has 22 heavy (non-hydrogen) atoms. The van der Waals surface area contributed by atoms with E-state index in [9.17, 15) is 13.2 Å². The molecule has 0 bridgehead atoms. The molecule has 4 nitrogen and oxygen atoms in total. The lowest BCUT2D eigenvalue weighted by atomic mass is 9.79. The van der Waals surface area contributed by atoms with E-state index >= 15 is 0 Å². The number of amides is 1. The highest BCUT2D eigenvalue weighted by Crippen LogP contribution is 2.31. The van der Waals surface area contributed by atoms with E-state index in [1.54, 1.807) is 25.1 Å². The van der Waals surface area contributed by atoms with Crippen LogP contribution >= 0.6 is 0 Å². The molecule has 1 fully saturated rings. The number of aryl methyl sites for hydroxylation is 1. The van der Waals surface area contributed by atoms with Gasteiger partial charge in [-0.1, -0.05) is 57.2 Å². The first-order valence-corrected chi connectivity index (χ1v) is 9.50. The fourth-order valence-corrected chi connectivity index (χ4v) is 4.51. The normalized spacial score (nSPS) is 17.9. The van der Waals surface area contributed by atoms with E-state index in [4.69, 9.17) is 0 Å². The van der Waals surface area contributed by atoms with Gasteiger partial charge in [-0.3, -0.25) is 4.79 Å². The lowest BCUT2D eigenvalue weighted by Crippen LogP contribution is -2.33. The molecule has 0 spiro atoms. The Hall–Kier alpha value is -1.36. The average molecular weight is 323 g/mol. The quantitative estimate of drug-likeness (QED) is 0.903. The van der Waals surface area contributed by atoms with Crippen molar-refractivity contribution in [3.05, 3.63) is 29.8 Å². The maximum atomic E-state index is 12.3. The van der Waals surface area contributed by atoms with Crippen LogP contribution in [-0.4, -0.2) is 14.3 Å².